The molecule has 0 aliphatic carbocycles. The van der Waals surface area contributed by atoms with Crippen LogP contribution in [0.2, 0.25) is 0 Å². The SMILES string of the molecule is N#Cc1ccc(NC(=O)NCc2cc(Br)cs2)cc1. The number of rotatable bonds is 3. The third-order valence-corrected chi connectivity index (χ3v) is 4.01. The van der Waals surface area contributed by atoms with Crippen molar-refractivity contribution >= 4 is 39.0 Å². The summed E-state index contributed by atoms with van der Waals surface area (Å²) in [5.74, 6) is 0. The molecule has 2 N–H and O–H groups in total. The van der Waals surface area contributed by atoms with Gasteiger partial charge in [-0.2, -0.15) is 5.26 Å². The highest BCUT2D eigenvalue weighted by Gasteiger charge is 2.03. The van der Waals surface area contributed by atoms with E-state index in [2.05, 4.69) is 26.6 Å². The Morgan fingerprint density at radius 3 is 2.68 bits per heavy atom. The smallest absolute Gasteiger partial charge is 0.319 e. The Labute approximate surface area is 123 Å². The van der Waals surface area contributed by atoms with E-state index in [1.807, 2.05) is 17.5 Å². The molecule has 0 fully saturated rings. The van der Waals surface area contributed by atoms with Crippen LogP contribution >= 0.6 is 27.3 Å². The largest absolute Gasteiger partial charge is 0.333 e. The Hall–Kier alpha value is -1.84. The van der Waals surface area contributed by atoms with Crippen molar-refractivity contribution in [3.05, 3.63) is 50.6 Å². The molecule has 0 atom stereocenters. The quantitative estimate of drug-likeness (QED) is 0.897. The van der Waals surface area contributed by atoms with Crippen molar-refractivity contribution in [1.29, 1.82) is 5.26 Å². The van der Waals surface area contributed by atoms with Crippen LogP contribution in [0.25, 0.3) is 0 Å². The molecule has 6 heteroatoms. The highest BCUT2D eigenvalue weighted by molar-refractivity contribution is 9.10. The van der Waals surface area contributed by atoms with Crippen molar-refractivity contribution < 1.29 is 4.79 Å². The summed E-state index contributed by atoms with van der Waals surface area (Å²) in [5.41, 5.74) is 1.22. The van der Waals surface area contributed by atoms with Gasteiger partial charge in [0.2, 0.25) is 0 Å². The molecule has 0 spiro atoms. The van der Waals surface area contributed by atoms with Gasteiger partial charge >= 0.3 is 6.03 Å². The number of halogens is 1. The highest BCUT2D eigenvalue weighted by atomic mass is 79.9. The van der Waals surface area contributed by atoms with Crippen molar-refractivity contribution in [2.75, 3.05) is 5.32 Å². The topological polar surface area (TPSA) is 64.9 Å². The average molecular weight is 336 g/mol. The maximum Gasteiger partial charge on any atom is 0.319 e. The second kappa shape index (κ2) is 6.36. The average Bonchev–Trinajstić information content (AvgIpc) is 2.83. The van der Waals surface area contributed by atoms with Crippen LogP contribution in [0.15, 0.2) is 40.2 Å². The summed E-state index contributed by atoms with van der Waals surface area (Å²) < 4.78 is 1.02. The summed E-state index contributed by atoms with van der Waals surface area (Å²) in [5, 5.41) is 16.1. The number of thiophene rings is 1. The number of carbonyl (C=O) groups is 1. The zero-order valence-electron chi connectivity index (χ0n) is 9.81. The predicted octanol–water partition coefficient (Wildman–Crippen LogP) is 3.70. The van der Waals surface area contributed by atoms with E-state index in [0.29, 0.717) is 17.8 Å². The van der Waals surface area contributed by atoms with Gasteiger partial charge in [-0.05, 0) is 46.3 Å². The lowest BCUT2D eigenvalue weighted by atomic mass is 10.2. The minimum atomic E-state index is -0.269. The molecule has 0 unspecified atom stereocenters. The first-order valence-electron chi connectivity index (χ1n) is 5.45. The number of benzene rings is 1. The van der Waals surface area contributed by atoms with Crippen LogP contribution in [-0.4, -0.2) is 6.03 Å². The van der Waals surface area contributed by atoms with E-state index in [1.54, 1.807) is 35.6 Å². The number of anilines is 1. The number of carbonyl (C=O) groups excluding carboxylic acids is 1. The molecule has 19 heavy (non-hydrogen) atoms. The fraction of sp³-hybridized carbons (Fsp3) is 0.0769. The fourth-order valence-electron chi connectivity index (χ4n) is 1.42. The van der Waals surface area contributed by atoms with Crippen LogP contribution < -0.4 is 10.6 Å². The van der Waals surface area contributed by atoms with Crippen molar-refractivity contribution in [3.63, 3.8) is 0 Å². The Morgan fingerprint density at radius 1 is 1.37 bits per heavy atom. The monoisotopic (exact) mass is 335 g/mol. The molecular weight excluding hydrogens is 326 g/mol. The summed E-state index contributed by atoms with van der Waals surface area (Å²) in [6.07, 6.45) is 0. The van der Waals surface area contributed by atoms with E-state index in [1.165, 1.54) is 0 Å². The van der Waals surface area contributed by atoms with Gasteiger partial charge in [0.1, 0.15) is 0 Å². The van der Waals surface area contributed by atoms with Crippen LogP contribution in [-0.2, 0) is 6.54 Å². The molecule has 2 rings (SSSR count). The summed E-state index contributed by atoms with van der Waals surface area (Å²) in [4.78, 5) is 12.7. The first-order chi connectivity index (χ1) is 9.17. The summed E-state index contributed by atoms with van der Waals surface area (Å²) in [6, 6.07) is 10.4. The number of nitrogens with one attached hydrogen (secondary N) is 2. The zero-order chi connectivity index (χ0) is 13.7. The van der Waals surface area contributed by atoms with Gasteiger partial charge in [-0.15, -0.1) is 11.3 Å². The molecular formula is C13H10BrN3OS. The van der Waals surface area contributed by atoms with Crippen molar-refractivity contribution in [2.24, 2.45) is 0 Å². The van der Waals surface area contributed by atoms with Gasteiger partial charge in [0.15, 0.2) is 0 Å². The van der Waals surface area contributed by atoms with Gasteiger partial charge < -0.3 is 10.6 Å². The lowest BCUT2D eigenvalue weighted by Crippen LogP contribution is -2.27. The molecule has 0 radical (unpaired) electrons. The standard InChI is InChI=1S/C13H10BrN3OS/c14-10-5-12(19-8-10)7-16-13(18)17-11-3-1-9(6-15)2-4-11/h1-5,8H,7H2,(H2,16,17,18). The van der Waals surface area contributed by atoms with Gasteiger partial charge in [0.25, 0.3) is 0 Å². The molecule has 1 aromatic carbocycles. The van der Waals surface area contributed by atoms with Crippen LogP contribution in [0.4, 0.5) is 10.5 Å². The predicted molar refractivity (Wildman–Crippen MR) is 79.0 cm³/mol. The number of hydrogen-bond acceptors (Lipinski definition) is 3. The van der Waals surface area contributed by atoms with Gasteiger partial charge in [0.05, 0.1) is 18.2 Å². The van der Waals surface area contributed by atoms with Crippen molar-refractivity contribution in [1.82, 2.24) is 5.32 Å². The third kappa shape index (κ3) is 4.09. The number of nitrogens with zero attached hydrogens (tertiary/aromatic N) is 1. The van der Waals surface area contributed by atoms with E-state index in [4.69, 9.17) is 5.26 Å². The second-order valence-corrected chi connectivity index (χ2v) is 5.64. The first kappa shape index (κ1) is 13.6. The Morgan fingerprint density at radius 2 is 2.11 bits per heavy atom. The maximum atomic E-state index is 11.7. The van der Waals surface area contributed by atoms with Crippen LogP contribution in [0.1, 0.15) is 10.4 Å². The van der Waals surface area contributed by atoms with E-state index < -0.39 is 0 Å². The molecule has 2 aromatic rings. The molecule has 96 valence electrons. The molecule has 1 heterocycles. The maximum absolute atomic E-state index is 11.7. The molecule has 2 amide bonds. The summed E-state index contributed by atoms with van der Waals surface area (Å²) in [7, 11) is 0. The van der Waals surface area contributed by atoms with E-state index in [-0.39, 0.29) is 6.03 Å². The third-order valence-electron chi connectivity index (χ3n) is 2.32. The minimum absolute atomic E-state index is 0.269. The fourth-order valence-corrected chi connectivity index (χ4v) is 2.81. The number of urea groups is 1. The molecule has 0 bridgehead atoms. The van der Waals surface area contributed by atoms with Gasteiger partial charge in [-0.1, -0.05) is 0 Å². The highest BCUT2D eigenvalue weighted by Crippen LogP contribution is 2.19. The lowest BCUT2D eigenvalue weighted by Gasteiger charge is -2.06. The van der Waals surface area contributed by atoms with E-state index >= 15 is 0 Å². The zero-order valence-corrected chi connectivity index (χ0v) is 12.2. The van der Waals surface area contributed by atoms with Crippen molar-refractivity contribution in [2.45, 2.75) is 6.54 Å². The summed E-state index contributed by atoms with van der Waals surface area (Å²) >= 11 is 4.94. The molecule has 0 aliphatic heterocycles. The van der Waals surface area contributed by atoms with Crippen molar-refractivity contribution in [3.8, 4) is 6.07 Å². The minimum Gasteiger partial charge on any atom is -0.333 e. The van der Waals surface area contributed by atoms with Crippen LogP contribution in [0.5, 0.6) is 0 Å². The number of hydrogen-bond donors (Lipinski definition) is 2. The second-order valence-electron chi connectivity index (χ2n) is 3.73. The number of amides is 2. The van der Waals surface area contributed by atoms with Crippen LogP contribution in [0, 0.1) is 11.3 Å². The first-order valence-corrected chi connectivity index (χ1v) is 7.12. The molecule has 0 saturated heterocycles. The summed E-state index contributed by atoms with van der Waals surface area (Å²) in [6.45, 7) is 0.485. The van der Waals surface area contributed by atoms with Gasteiger partial charge in [0, 0.05) is 20.4 Å². The number of nitriles is 1. The van der Waals surface area contributed by atoms with E-state index in [0.717, 1.165) is 9.35 Å². The normalized spacial score (nSPS) is 9.68. The lowest BCUT2D eigenvalue weighted by molar-refractivity contribution is 0.252. The Balaban J connectivity index is 1.85. The van der Waals surface area contributed by atoms with Crippen LogP contribution in [0.3, 0.4) is 0 Å². The van der Waals surface area contributed by atoms with Gasteiger partial charge in [-0.3, -0.25) is 0 Å². The molecule has 1 aromatic heterocycles. The molecule has 0 aliphatic rings. The Bertz CT molecular complexity index is 616. The molecule has 0 saturated carbocycles. The molecule has 4 nitrogen and oxygen atoms in total. The Kier molecular flexibility index (Phi) is 4.55. The van der Waals surface area contributed by atoms with E-state index in [9.17, 15) is 4.79 Å². The van der Waals surface area contributed by atoms with Gasteiger partial charge in [-0.25, -0.2) is 4.79 Å².